The number of hydrogen-bond acceptors (Lipinski definition) is 4. The van der Waals surface area contributed by atoms with Gasteiger partial charge in [0, 0.05) is 37.7 Å². The molecule has 1 fully saturated rings. The molecule has 0 bridgehead atoms. The van der Waals surface area contributed by atoms with Gasteiger partial charge >= 0.3 is 5.97 Å². The van der Waals surface area contributed by atoms with Crippen LogP contribution in [0.4, 0.5) is 5.69 Å². The number of aliphatic carboxylic acids is 1. The number of nitrogens with zero attached hydrogens (tertiary/aromatic N) is 1. The van der Waals surface area contributed by atoms with Crippen LogP contribution in [0.1, 0.15) is 29.3 Å². The van der Waals surface area contributed by atoms with Crippen molar-refractivity contribution < 1.29 is 24.2 Å². The number of carbonyl (C=O) groups excluding carboxylic acids is 2. The Balaban J connectivity index is 1.81. The molecule has 2 N–H and O–H groups in total. The van der Waals surface area contributed by atoms with E-state index >= 15 is 0 Å². The van der Waals surface area contributed by atoms with E-state index in [4.69, 9.17) is 4.74 Å². The maximum absolute atomic E-state index is 12.4. The van der Waals surface area contributed by atoms with E-state index in [0.717, 1.165) is 11.3 Å². The van der Waals surface area contributed by atoms with Gasteiger partial charge in [0.15, 0.2) is 5.54 Å². The van der Waals surface area contributed by atoms with E-state index in [1.807, 2.05) is 0 Å². The van der Waals surface area contributed by atoms with Crippen molar-refractivity contribution in [2.75, 3.05) is 24.7 Å². The summed E-state index contributed by atoms with van der Waals surface area (Å²) in [5.74, 6) is -1.57. The fraction of sp³-hybridized carbons (Fsp3) is 0.438. The molecule has 7 heteroatoms. The molecule has 1 unspecified atom stereocenters. The molecular weight excluding hydrogens is 300 g/mol. The van der Waals surface area contributed by atoms with E-state index in [9.17, 15) is 19.5 Å². The van der Waals surface area contributed by atoms with Crippen LogP contribution in [0.25, 0.3) is 0 Å². The number of rotatable bonds is 3. The summed E-state index contributed by atoms with van der Waals surface area (Å²) in [5.41, 5.74) is 0.759. The van der Waals surface area contributed by atoms with Crippen LogP contribution >= 0.6 is 0 Å². The molecule has 2 aliphatic heterocycles. The highest BCUT2D eigenvalue weighted by Crippen LogP contribution is 2.29. The number of nitrogens with one attached hydrogen (secondary N) is 1. The Morgan fingerprint density at radius 3 is 2.74 bits per heavy atom. The number of fused-ring (bicyclic) bond motifs is 1. The monoisotopic (exact) mass is 318 g/mol. The number of carboxylic acid groups (broad SMARTS) is 1. The van der Waals surface area contributed by atoms with Crippen molar-refractivity contribution in [1.29, 1.82) is 0 Å². The summed E-state index contributed by atoms with van der Waals surface area (Å²) in [4.78, 5) is 37.1. The second-order valence-electron chi connectivity index (χ2n) is 5.91. The minimum absolute atomic E-state index is 0.0306. The molecule has 1 aromatic carbocycles. The van der Waals surface area contributed by atoms with Gasteiger partial charge in [-0.15, -0.1) is 0 Å². The predicted octanol–water partition coefficient (Wildman–Crippen LogP) is 0.569. The predicted molar refractivity (Wildman–Crippen MR) is 81.4 cm³/mol. The smallest absolute Gasteiger partial charge is 0.331 e. The molecule has 0 saturated carbocycles. The number of anilines is 1. The lowest BCUT2D eigenvalue weighted by Crippen LogP contribution is -2.55. The molecule has 1 aromatic rings. The first-order chi connectivity index (χ1) is 10.9. The Labute approximate surface area is 133 Å². The van der Waals surface area contributed by atoms with Gasteiger partial charge < -0.3 is 20.1 Å². The van der Waals surface area contributed by atoms with E-state index in [-0.39, 0.29) is 18.9 Å². The molecule has 0 aromatic heterocycles. The van der Waals surface area contributed by atoms with Crippen molar-refractivity contribution in [3.63, 3.8) is 0 Å². The SMILES string of the molecule is CC(=O)N1CCc2cc(C(=O)NC3(C(=O)O)CCOC3)ccc21. The van der Waals surface area contributed by atoms with Crippen molar-refractivity contribution in [3.05, 3.63) is 29.3 Å². The lowest BCUT2D eigenvalue weighted by Gasteiger charge is -2.24. The third kappa shape index (κ3) is 2.68. The van der Waals surface area contributed by atoms with E-state index in [1.54, 1.807) is 23.1 Å². The average molecular weight is 318 g/mol. The maximum Gasteiger partial charge on any atom is 0.331 e. The first-order valence-corrected chi connectivity index (χ1v) is 7.48. The Hall–Kier alpha value is -2.41. The van der Waals surface area contributed by atoms with Gasteiger partial charge in [-0.1, -0.05) is 0 Å². The minimum atomic E-state index is -1.36. The van der Waals surface area contributed by atoms with Crippen molar-refractivity contribution in [1.82, 2.24) is 5.32 Å². The summed E-state index contributed by atoms with van der Waals surface area (Å²) in [6.45, 7) is 2.39. The molecule has 2 amide bonds. The van der Waals surface area contributed by atoms with Crippen LogP contribution in [0.2, 0.25) is 0 Å². The summed E-state index contributed by atoms with van der Waals surface area (Å²) in [7, 11) is 0. The third-order valence-corrected chi connectivity index (χ3v) is 4.40. The van der Waals surface area contributed by atoms with E-state index in [2.05, 4.69) is 5.32 Å². The number of benzene rings is 1. The number of amides is 2. The van der Waals surface area contributed by atoms with Gasteiger partial charge in [0.05, 0.1) is 6.61 Å². The summed E-state index contributed by atoms with van der Waals surface area (Å²) >= 11 is 0. The standard InChI is InChI=1S/C16H18N2O5/c1-10(19)18-6-4-11-8-12(2-3-13(11)18)14(20)17-16(15(21)22)5-7-23-9-16/h2-3,8H,4-7,9H2,1H3,(H,17,20)(H,21,22). The molecule has 7 nitrogen and oxygen atoms in total. The van der Waals surface area contributed by atoms with Crippen molar-refractivity contribution in [3.8, 4) is 0 Å². The summed E-state index contributed by atoms with van der Waals surface area (Å²) in [6, 6.07) is 5.07. The van der Waals surface area contributed by atoms with Crippen LogP contribution in [0.15, 0.2) is 18.2 Å². The minimum Gasteiger partial charge on any atom is -0.479 e. The first kappa shape index (κ1) is 15.5. The fourth-order valence-corrected chi connectivity index (χ4v) is 3.05. The molecule has 3 rings (SSSR count). The molecule has 122 valence electrons. The zero-order valence-corrected chi connectivity index (χ0v) is 12.8. The largest absolute Gasteiger partial charge is 0.479 e. The summed E-state index contributed by atoms with van der Waals surface area (Å²) < 4.78 is 5.13. The molecule has 0 aliphatic carbocycles. The van der Waals surface area contributed by atoms with Gasteiger partial charge in [0.2, 0.25) is 5.91 Å². The molecule has 1 saturated heterocycles. The molecule has 0 radical (unpaired) electrons. The van der Waals surface area contributed by atoms with Gasteiger partial charge in [-0.2, -0.15) is 0 Å². The highest BCUT2D eigenvalue weighted by Gasteiger charge is 2.44. The van der Waals surface area contributed by atoms with Crippen molar-refractivity contribution in [2.24, 2.45) is 0 Å². The molecule has 23 heavy (non-hydrogen) atoms. The number of carbonyl (C=O) groups is 3. The Morgan fingerprint density at radius 2 is 2.13 bits per heavy atom. The van der Waals surface area contributed by atoms with Crippen LogP contribution in [0.5, 0.6) is 0 Å². The lowest BCUT2D eigenvalue weighted by molar-refractivity contribution is -0.144. The first-order valence-electron chi connectivity index (χ1n) is 7.48. The highest BCUT2D eigenvalue weighted by atomic mass is 16.5. The van der Waals surface area contributed by atoms with E-state index < -0.39 is 17.4 Å². The second kappa shape index (κ2) is 5.66. The maximum atomic E-state index is 12.4. The van der Waals surface area contributed by atoms with Gasteiger partial charge in [0.25, 0.3) is 5.91 Å². The summed E-state index contributed by atoms with van der Waals surface area (Å²) in [5, 5.41) is 12.0. The Morgan fingerprint density at radius 1 is 1.35 bits per heavy atom. The molecule has 1 atom stereocenters. The molecule has 2 aliphatic rings. The fourth-order valence-electron chi connectivity index (χ4n) is 3.05. The third-order valence-electron chi connectivity index (χ3n) is 4.40. The van der Waals surface area contributed by atoms with Crippen LogP contribution in [0.3, 0.4) is 0 Å². The van der Waals surface area contributed by atoms with Crippen LogP contribution in [-0.4, -0.2) is 48.2 Å². The Bertz CT molecular complexity index is 679. The molecular formula is C16H18N2O5. The average Bonchev–Trinajstić information content (AvgIpc) is 3.13. The summed E-state index contributed by atoms with van der Waals surface area (Å²) in [6.07, 6.45) is 0.931. The van der Waals surface area contributed by atoms with Gasteiger partial charge in [0.1, 0.15) is 0 Å². The molecule has 0 spiro atoms. The number of ether oxygens (including phenoxy) is 1. The van der Waals surface area contributed by atoms with Gasteiger partial charge in [-0.05, 0) is 30.2 Å². The van der Waals surface area contributed by atoms with Crippen LogP contribution < -0.4 is 10.2 Å². The van der Waals surface area contributed by atoms with Gasteiger partial charge in [-0.25, -0.2) is 4.79 Å². The quantitative estimate of drug-likeness (QED) is 0.849. The van der Waals surface area contributed by atoms with Crippen molar-refractivity contribution >= 4 is 23.5 Å². The zero-order chi connectivity index (χ0) is 16.6. The highest BCUT2D eigenvalue weighted by molar-refractivity contribution is 6.00. The number of hydrogen-bond donors (Lipinski definition) is 2. The normalized spacial score (nSPS) is 22.7. The second-order valence-corrected chi connectivity index (χ2v) is 5.91. The lowest BCUT2D eigenvalue weighted by atomic mass is 9.98. The van der Waals surface area contributed by atoms with Crippen molar-refractivity contribution in [2.45, 2.75) is 25.3 Å². The Kier molecular flexibility index (Phi) is 3.81. The topological polar surface area (TPSA) is 95.9 Å². The molecule has 2 heterocycles. The van der Waals surface area contributed by atoms with E-state index in [1.165, 1.54) is 6.92 Å². The van der Waals surface area contributed by atoms with Gasteiger partial charge in [-0.3, -0.25) is 9.59 Å². The number of carboxylic acids is 1. The van der Waals surface area contributed by atoms with Crippen LogP contribution in [-0.2, 0) is 20.7 Å². The van der Waals surface area contributed by atoms with Crippen LogP contribution in [0, 0.1) is 0 Å². The van der Waals surface area contributed by atoms with E-state index in [0.29, 0.717) is 25.1 Å². The zero-order valence-electron chi connectivity index (χ0n) is 12.8.